The predicted molar refractivity (Wildman–Crippen MR) is 78.2 cm³/mol. The van der Waals surface area contributed by atoms with Crippen LogP contribution in [0, 0.1) is 11.6 Å². The molecule has 1 aromatic rings. The first kappa shape index (κ1) is 15.9. The third-order valence-electron chi connectivity index (χ3n) is 4.22. The lowest BCUT2D eigenvalue weighted by molar-refractivity contribution is 0.0684. The van der Waals surface area contributed by atoms with Crippen molar-refractivity contribution in [3.8, 4) is 0 Å². The molecule has 0 aliphatic heterocycles. The van der Waals surface area contributed by atoms with Gasteiger partial charge in [-0.05, 0) is 50.4 Å². The van der Waals surface area contributed by atoms with Gasteiger partial charge < -0.3 is 10.2 Å². The second kappa shape index (κ2) is 6.98. The van der Waals surface area contributed by atoms with E-state index in [9.17, 15) is 13.6 Å². The highest BCUT2D eigenvalue weighted by Gasteiger charge is 2.27. The van der Waals surface area contributed by atoms with Gasteiger partial charge in [0.15, 0.2) is 11.6 Å². The Hall–Kier alpha value is -1.49. The molecule has 0 saturated heterocycles. The zero-order valence-electron chi connectivity index (χ0n) is 12.5. The number of halogens is 2. The van der Waals surface area contributed by atoms with Gasteiger partial charge in [0.1, 0.15) is 0 Å². The van der Waals surface area contributed by atoms with Crippen molar-refractivity contribution in [1.29, 1.82) is 0 Å². The number of hydrogen-bond donors (Lipinski definition) is 1. The van der Waals surface area contributed by atoms with Crippen molar-refractivity contribution in [3.63, 3.8) is 0 Å². The summed E-state index contributed by atoms with van der Waals surface area (Å²) in [6, 6.07) is 4.00. The molecule has 1 fully saturated rings. The number of carbonyl (C=O) groups excluding carboxylic acids is 1. The smallest absolute Gasteiger partial charge is 0.253 e. The molecule has 1 aromatic carbocycles. The molecule has 0 bridgehead atoms. The monoisotopic (exact) mass is 296 g/mol. The summed E-state index contributed by atoms with van der Waals surface area (Å²) in [5.41, 5.74) is 0.199. The molecule has 1 amide bonds. The number of benzene rings is 1. The van der Waals surface area contributed by atoms with Crippen LogP contribution in [0.1, 0.15) is 43.0 Å². The fourth-order valence-electron chi connectivity index (χ4n) is 2.95. The van der Waals surface area contributed by atoms with E-state index in [2.05, 4.69) is 12.2 Å². The molecule has 0 unspecified atom stereocenters. The van der Waals surface area contributed by atoms with Crippen LogP contribution >= 0.6 is 0 Å². The summed E-state index contributed by atoms with van der Waals surface area (Å²) in [5, 5.41) is 3.42. The summed E-state index contributed by atoms with van der Waals surface area (Å²) in [5.74, 6) is -2.16. The Morgan fingerprint density at radius 1 is 1.24 bits per heavy atom. The fourth-order valence-corrected chi connectivity index (χ4v) is 2.95. The van der Waals surface area contributed by atoms with E-state index in [0.29, 0.717) is 6.04 Å². The van der Waals surface area contributed by atoms with Crippen LogP contribution in [0.4, 0.5) is 8.78 Å². The Kier molecular flexibility index (Phi) is 5.28. The molecule has 0 atom stereocenters. The maximum absolute atomic E-state index is 13.2. The third-order valence-corrected chi connectivity index (χ3v) is 4.22. The molecule has 0 radical (unpaired) electrons. The zero-order chi connectivity index (χ0) is 15.4. The van der Waals surface area contributed by atoms with Crippen molar-refractivity contribution >= 4 is 5.91 Å². The Balaban J connectivity index is 1.98. The molecular weight excluding hydrogens is 274 g/mol. The molecule has 0 aromatic heterocycles. The van der Waals surface area contributed by atoms with E-state index >= 15 is 0 Å². The van der Waals surface area contributed by atoms with Crippen molar-refractivity contribution in [1.82, 2.24) is 10.2 Å². The lowest BCUT2D eigenvalue weighted by Crippen LogP contribution is -2.43. The first-order chi connectivity index (χ1) is 10.0. The standard InChI is InChI=1S/C16H22F2N2O/c1-3-19-12-5-7-13(8-6-12)20(2)16(21)11-4-9-14(17)15(18)10-11/h4,9-10,12-13,19H,3,5-8H2,1-2H3. The van der Waals surface area contributed by atoms with Crippen molar-refractivity contribution in [2.24, 2.45) is 0 Å². The van der Waals surface area contributed by atoms with Gasteiger partial charge in [-0.1, -0.05) is 6.92 Å². The zero-order valence-corrected chi connectivity index (χ0v) is 12.5. The molecule has 1 saturated carbocycles. The van der Waals surface area contributed by atoms with E-state index in [1.165, 1.54) is 6.07 Å². The molecule has 3 nitrogen and oxygen atoms in total. The predicted octanol–water partition coefficient (Wildman–Crippen LogP) is 2.96. The topological polar surface area (TPSA) is 32.3 Å². The minimum absolute atomic E-state index is 0.167. The molecule has 0 spiro atoms. The van der Waals surface area contributed by atoms with E-state index < -0.39 is 11.6 Å². The molecule has 21 heavy (non-hydrogen) atoms. The van der Waals surface area contributed by atoms with Crippen LogP contribution in [0.25, 0.3) is 0 Å². The van der Waals surface area contributed by atoms with Gasteiger partial charge in [-0.3, -0.25) is 4.79 Å². The number of carbonyl (C=O) groups is 1. The van der Waals surface area contributed by atoms with Gasteiger partial charge in [0, 0.05) is 24.7 Å². The van der Waals surface area contributed by atoms with Gasteiger partial charge in [0.2, 0.25) is 0 Å². The van der Waals surface area contributed by atoms with Gasteiger partial charge >= 0.3 is 0 Å². The van der Waals surface area contributed by atoms with Crippen LogP contribution in [0.3, 0.4) is 0 Å². The van der Waals surface area contributed by atoms with Crippen molar-refractivity contribution < 1.29 is 13.6 Å². The number of nitrogens with zero attached hydrogens (tertiary/aromatic N) is 1. The third kappa shape index (κ3) is 3.79. The maximum Gasteiger partial charge on any atom is 0.253 e. The van der Waals surface area contributed by atoms with Gasteiger partial charge in [0.05, 0.1) is 0 Å². The number of hydrogen-bond acceptors (Lipinski definition) is 2. The molecule has 0 heterocycles. The summed E-state index contributed by atoms with van der Waals surface area (Å²) < 4.78 is 26.2. The quantitative estimate of drug-likeness (QED) is 0.926. The van der Waals surface area contributed by atoms with Gasteiger partial charge in [-0.2, -0.15) is 0 Å². The lowest BCUT2D eigenvalue weighted by atomic mass is 9.90. The minimum Gasteiger partial charge on any atom is -0.339 e. The molecule has 116 valence electrons. The SMILES string of the molecule is CCNC1CCC(N(C)C(=O)c2ccc(F)c(F)c2)CC1. The second-order valence-electron chi connectivity index (χ2n) is 5.61. The van der Waals surface area contributed by atoms with Gasteiger partial charge in [0.25, 0.3) is 5.91 Å². The summed E-state index contributed by atoms with van der Waals surface area (Å²) in [7, 11) is 1.74. The summed E-state index contributed by atoms with van der Waals surface area (Å²) in [6.45, 7) is 3.05. The van der Waals surface area contributed by atoms with E-state index in [1.54, 1.807) is 11.9 Å². The molecular formula is C16H22F2N2O. The molecule has 2 rings (SSSR count). The van der Waals surface area contributed by atoms with Crippen LogP contribution < -0.4 is 5.32 Å². The fraction of sp³-hybridized carbons (Fsp3) is 0.562. The molecule has 1 N–H and O–H groups in total. The van der Waals surface area contributed by atoms with Crippen LogP contribution in [0.15, 0.2) is 18.2 Å². The second-order valence-corrected chi connectivity index (χ2v) is 5.61. The van der Waals surface area contributed by atoms with Gasteiger partial charge in [-0.15, -0.1) is 0 Å². The van der Waals surface area contributed by atoms with E-state index in [-0.39, 0.29) is 17.5 Å². The number of rotatable bonds is 4. The molecule has 1 aliphatic rings. The average Bonchev–Trinajstić information content (AvgIpc) is 2.50. The first-order valence-corrected chi connectivity index (χ1v) is 7.48. The van der Waals surface area contributed by atoms with Crippen molar-refractivity contribution in [3.05, 3.63) is 35.4 Å². The molecule has 1 aliphatic carbocycles. The Morgan fingerprint density at radius 3 is 2.48 bits per heavy atom. The van der Waals surface area contributed by atoms with Crippen LogP contribution in [-0.2, 0) is 0 Å². The highest BCUT2D eigenvalue weighted by Crippen LogP contribution is 2.24. The van der Waals surface area contributed by atoms with Gasteiger partial charge in [-0.25, -0.2) is 8.78 Å². The van der Waals surface area contributed by atoms with Crippen LogP contribution in [0.5, 0.6) is 0 Å². The highest BCUT2D eigenvalue weighted by atomic mass is 19.2. The summed E-state index contributed by atoms with van der Waals surface area (Å²) >= 11 is 0. The number of nitrogens with one attached hydrogen (secondary N) is 1. The summed E-state index contributed by atoms with van der Waals surface area (Å²) in [6.07, 6.45) is 3.94. The molecule has 5 heteroatoms. The largest absolute Gasteiger partial charge is 0.339 e. The van der Waals surface area contributed by atoms with Crippen molar-refractivity contribution in [2.75, 3.05) is 13.6 Å². The highest BCUT2D eigenvalue weighted by molar-refractivity contribution is 5.94. The average molecular weight is 296 g/mol. The van der Waals surface area contributed by atoms with Crippen LogP contribution in [0.2, 0.25) is 0 Å². The Bertz CT molecular complexity index is 499. The maximum atomic E-state index is 13.2. The Labute approximate surface area is 124 Å². The normalized spacial score (nSPS) is 22.1. The Morgan fingerprint density at radius 2 is 1.90 bits per heavy atom. The van der Waals surface area contributed by atoms with E-state index in [1.807, 2.05) is 0 Å². The minimum atomic E-state index is -0.981. The van der Waals surface area contributed by atoms with Crippen molar-refractivity contribution in [2.45, 2.75) is 44.7 Å². The van der Waals surface area contributed by atoms with E-state index in [4.69, 9.17) is 0 Å². The number of amides is 1. The lowest BCUT2D eigenvalue weighted by Gasteiger charge is -2.35. The summed E-state index contributed by atoms with van der Waals surface area (Å²) in [4.78, 5) is 14.0. The van der Waals surface area contributed by atoms with E-state index in [0.717, 1.165) is 44.4 Å². The first-order valence-electron chi connectivity index (χ1n) is 7.48. The van der Waals surface area contributed by atoms with Crippen LogP contribution in [-0.4, -0.2) is 36.5 Å².